The van der Waals surface area contributed by atoms with Gasteiger partial charge < -0.3 is 14.7 Å². The number of hydrogen-bond acceptors (Lipinski definition) is 5. The van der Waals surface area contributed by atoms with Crippen LogP contribution >= 0.6 is 0 Å². The molecule has 6 nitrogen and oxygen atoms in total. The first-order valence-corrected chi connectivity index (χ1v) is 6.74. The average molecular weight is 328 g/mol. The van der Waals surface area contributed by atoms with Gasteiger partial charge in [0.25, 0.3) is 5.91 Å². The summed E-state index contributed by atoms with van der Waals surface area (Å²) in [4.78, 5) is 17.0. The highest BCUT2D eigenvalue weighted by molar-refractivity contribution is 5.94. The van der Waals surface area contributed by atoms with Gasteiger partial charge in [-0.1, -0.05) is 17.3 Å². The largest absolute Gasteiger partial charge is 0.471 e. The predicted octanol–water partition coefficient (Wildman–Crippen LogP) is 2.05. The molecule has 0 unspecified atom stereocenters. The molecule has 1 aromatic heterocycles. The number of aromatic nitrogens is 2. The monoisotopic (exact) mass is 328 g/mol. The number of nitrogens with one attached hydrogen (secondary N) is 1. The maximum Gasteiger partial charge on any atom is 0.471 e. The van der Waals surface area contributed by atoms with Crippen LogP contribution in [0.25, 0.3) is 11.4 Å². The smallest absolute Gasteiger partial charge is 0.340 e. The number of nitrogens with zero attached hydrogens (tertiary/aromatic N) is 3. The zero-order chi connectivity index (χ0) is 17.0. The van der Waals surface area contributed by atoms with E-state index in [2.05, 4.69) is 20.0 Å². The van der Waals surface area contributed by atoms with Gasteiger partial charge in [-0.2, -0.15) is 18.2 Å². The minimum atomic E-state index is -4.68. The van der Waals surface area contributed by atoms with E-state index in [1.165, 1.54) is 24.3 Å². The first kappa shape index (κ1) is 16.9. The first-order chi connectivity index (χ1) is 10.8. The van der Waals surface area contributed by atoms with E-state index in [1.54, 1.807) is 19.0 Å². The molecular weight excluding hydrogens is 313 g/mol. The van der Waals surface area contributed by atoms with E-state index in [1.807, 2.05) is 0 Å². The number of rotatable bonds is 5. The number of benzene rings is 1. The molecule has 0 aliphatic carbocycles. The fourth-order valence-electron chi connectivity index (χ4n) is 1.82. The highest BCUT2D eigenvalue weighted by atomic mass is 19.4. The van der Waals surface area contributed by atoms with Crippen molar-refractivity contribution in [3.8, 4) is 11.4 Å². The van der Waals surface area contributed by atoms with Crippen LogP contribution in [0.1, 0.15) is 16.2 Å². The average Bonchev–Trinajstić information content (AvgIpc) is 3.02. The van der Waals surface area contributed by atoms with Crippen molar-refractivity contribution in [1.82, 2.24) is 20.4 Å². The molecule has 2 rings (SSSR count). The summed E-state index contributed by atoms with van der Waals surface area (Å²) in [7, 11) is 3.45. The summed E-state index contributed by atoms with van der Waals surface area (Å²) in [5.74, 6) is -1.77. The lowest BCUT2D eigenvalue weighted by molar-refractivity contribution is -0.159. The Balaban J connectivity index is 2.13. The first-order valence-electron chi connectivity index (χ1n) is 6.74. The van der Waals surface area contributed by atoms with Crippen molar-refractivity contribution in [3.63, 3.8) is 0 Å². The summed E-state index contributed by atoms with van der Waals surface area (Å²) in [5.41, 5.74) is 0.755. The standard InChI is InChI=1S/C14H15F3N4O2/c1-18-7-8-21(2)12(22)10-5-3-9(4-6-10)11-19-13(23-20-11)14(15,16)17/h3-6,18H,7-8H2,1-2H3. The van der Waals surface area contributed by atoms with E-state index in [0.717, 1.165) is 0 Å². The van der Waals surface area contributed by atoms with Crippen molar-refractivity contribution in [3.05, 3.63) is 35.7 Å². The Labute approximate surface area is 130 Å². The van der Waals surface area contributed by atoms with Crippen LogP contribution in [0.4, 0.5) is 13.2 Å². The summed E-state index contributed by atoms with van der Waals surface area (Å²) >= 11 is 0. The van der Waals surface area contributed by atoms with Crippen LogP contribution in [-0.2, 0) is 6.18 Å². The zero-order valence-corrected chi connectivity index (χ0v) is 12.5. The van der Waals surface area contributed by atoms with Crippen molar-refractivity contribution in [1.29, 1.82) is 0 Å². The Morgan fingerprint density at radius 3 is 2.48 bits per heavy atom. The Morgan fingerprint density at radius 2 is 1.96 bits per heavy atom. The van der Waals surface area contributed by atoms with Gasteiger partial charge in [-0.15, -0.1) is 0 Å². The quantitative estimate of drug-likeness (QED) is 0.909. The van der Waals surface area contributed by atoms with Crippen LogP contribution in [0, 0.1) is 0 Å². The third-order valence-electron chi connectivity index (χ3n) is 3.10. The van der Waals surface area contributed by atoms with Crippen LogP contribution in [-0.4, -0.2) is 48.1 Å². The number of carbonyl (C=O) groups excluding carboxylic acids is 1. The molecule has 1 amide bonds. The molecule has 0 aliphatic rings. The van der Waals surface area contributed by atoms with Crippen molar-refractivity contribution < 1.29 is 22.5 Å². The highest BCUT2D eigenvalue weighted by Crippen LogP contribution is 2.29. The maximum atomic E-state index is 12.4. The molecule has 0 aliphatic heterocycles. The normalized spacial score (nSPS) is 11.5. The van der Waals surface area contributed by atoms with E-state index < -0.39 is 12.1 Å². The minimum absolute atomic E-state index is 0.181. The van der Waals surface area contributed by atoms with Crippen LogP contribution in [0.3, 0.4) is 0 Å². The highest BCUT2D eigenvalue weighted by Gasteiger charge is 2.38. The van der Waals surface area contributed by atoms with Crippen LogP contribution in [0.15, 0.2) is 28.8 Å². The molecule has 23 heavy (non-hydrogen) atoms. The van der Waals surface area contributed by atoms with Crippen LogP contribution < -0.4 is 5.32 Å². The van der Waals surface area contributed by atoms with Crippen LogP contribution in [0.2, 0.25) is 0 Å². The van der Waals surface area contributed by atoms with Gasteiger partial charge in [0.1, 0.15) is 0 Å². The molecule has 0 spiro atoms. The van der Waals surface area contributed by atoms with Crippen molar-refractivity contribution in [2.24, 2.45) is 0 Å². The Hall–Kier alpha value is -2.42. The number of alkyl halides is 3. The Kier molecular flexibility index (Phi) is 4.99. The molecule has 1 N–H and O–H groups in total. The number of halogens is 3. The molecule has 2 aromatic rings. The second-order valence-corrected chi connectivity index (χ2v) is 4.83. The summed E-state index contributed by atoms with van der Waals surface area (Å²) in [6, 6.07) is 5.97. The third-order valence-corrected chi connectivity index (χ3v) is 3.10. The van der Waals surface area contributed by atoms with E-state index in [4.69, 9.17) is 0 Å². The van der Waals surface area contributed by atoms with Gasteiger partial charge >= 0.3 is 12.1 Å². The van der Waals surface area contributed by atoms with Crippen molar-refractivity contribution in [2.45, 2.75) is 6.18 Å². The Morgan fingerprint density at radius 1 is 1.30 bits per heavy atom. The van der Waals surface area contributed by atoms with Gasteiger partial charge in [0.05, 0.1) is 0 Å². The third kappa shape index (κ3) is 4.07. The number of hydrogen-bond donors (Lipinski definition) is 1. The van der Waals surface area contributed by atoms with Crippen molar-refractivity contribution in [2.75, 3.05) is 27.2 Å². The van der Waals surface area contributed by atoms with Gasteiger partial charge in [-0.05, 0) is 19.2 Å². The molecule has 1 aromatic carbocycles. The Bertz CT molecular complexity index is 667. The fraction of sp³-hybridized carbons (Fsp3) is 0.357. The molecule has 0 radical (unpaired) electrons. The van der Waals surface area contributed by atoms with E-state index in [9.17, 15) is 18.0 Å². The van der Waals surface area contributed by atoms with E-state index in [-0.39, 0.29) is 11.7 Å². The lowest BCUT2D eigenvalue weighted by atomic mass is 10.1. The van der Waals surface area contributed by atoms with Crippen molar-refractivity contribution >= 4 is 5.91 Å². The molecule has 0 fully saturated rings. The lowest BCUT2D eigenvalue weighted by Crippen LogP contribution is -2.32. The zero-order valence-electron chi connectivity index (χ0n) is 12.5. The molecule has 0 saturated heterocycles. The molecule has 124 valence electrons. The second-order valence-electron chi connectivity index (χ2n) is 4.83. The molecule has 1 heterocycles. The molecule has 0 saturated carbocycles. The van der Waals surface area contributed by atoms with Gasteiger partial charge in [-0.25, -0.2) is 0 Å². The summed E-state index contributed by atoms with van der Waals surface area (Å²) < 4.78 is 41.5. The number of carbonyl (C=O) groups is 1. The van der Waals surface area contributed by atoms with Gasteiger partial charge in [0.2, 0.25) is 5.82 Å². The predicted molar refractivity (Wildman–Crippen MR) is 75.6 cm³/mol. The maximum absolute atomic E-state index is 12.4. The fourth-order valence-corrected chi connectivity index (χ4v) is 1.82. The summed E-state index contributed by atoms with van der Waals surface area (Å²) in [6.45, 7) is 1.19. The van der Waals surface area contributed by atoms with Gasteiger partial charge in [-0.3, -0.25) is 4.79 Å². The lowest BCUT2D eigenvalue weighted by Gasteiger charge is -2.16. The SMILES string of the molecule is CNCCN(C)C(=O)c1ccc(-c2noc(C(F)(F)F)n2)cc1. The van der Waals surface area contributed by atoms with E-state index >= 15 is 0 Å². The van der Waals surface area contributed by atoms with Gasteiger partial charge in [0, 0.05) is 31.3 Å². The minimum Gasteiger partial charge on any atom is -0.340 e. The molecule has 0 bridgehead atoms. The molecule has 0 atom stereocenters. The van der Waals surface area contributed by atoms with E-state index in [0.29, 0.717) is 24.2 Å². The number of likely N-dealkylation sites (N-methyl/N-ethyl adjacent to an activating group) is 2. The number of amides is 1. The summed E-state index contributed by atoms with van der Waals surface area (Å²) in [6.07, 6.45) is -4.68. The molecule has 9 heteroatoms. The topological polar surface area (TPSA) is 71.3 Å². The van der Waals surface area contributed by atoms with Crippen LogP contribution in [0.5, 0.6) is 0 Å². The second kappa shape index (κ2) is 6.78. The van der Waals surface area contributed by atoms with Gasteiger partial charge in [0.15, 0.2) is 0 Å². The molecular formula is C14H15F3N4O2. The summed E-state index contributed by atoms with van der Waals surface area (Å²) in [5, 5.41) is 6.23.